The highest BCUT2D eigenvalue weighted by Crippen LogP contribution is 2.30. The van der Waals surface area contributed by atoms with Crippen LogP contribution in [-0.2, 0) is 14.3 Å². The zero-order valence-electron chi connectivity index (χ0n) is 11.4. The van der Waals surface area contributed by atoms with E-state index in [-0.39, 0.29) is 23.4 Å². The molecule has 0 radical (unpaired) electrons. The van der Waals surface area contributed by atoms with Gasteiger partial charge in [-0.3, -0.25) is 9.59 Å². The summed E-state index contributed by atoms with van der Waals surface area (Å²) in [5.41, 5.74) is -0.347. The van der Waals surface area contributed by atoms with Crippen LogP contribution in [0.15, 0.2) is 0 Å². The van der Waals surface area contributed by atoms with Gasteiger partial charge in [0, 0.05) is 6.61 Å². The Hall–Kier alpha value is -1.10. The van der Waals surface area contributed by atoms with Crippen molar-refractivity contribution in [3.63, 3.8) is 0 Å². The van der Waals surface area contributed by atoms with Crippen LogP contribution in [0.1, 0.15) is 40.0 Å². The number of carbonyl (C=O) groups is 2. The third-order valence-corrected chi connectivity index (χ3v) is 4.03. The van der Waals surface area contributed by atoms with Crippen molar-refractivity contribution >= 4 is 11.8 Å². The first-order valence-electron chi connectivity index (χ1n) is 6.71. The number of hydrogen-bond donors (Lipinski definition) is 1. The van der Waals surface area contributed by atoms with Gasteiger partial charge >= 0.3 is 0 Å². The quantitative estimate of drug-likeness (QED) is 0.788. The van der Waals surface area contributed by atoms with E-state index in [1.165, 1.54) is 0 Å². The summed E-state index contributed by atoms with van der Waals surface area (Å²) in [6.45, 7) is 6.99. The molecule has 5 heteroatoms. The van der Waals surface area contributed by atoms with Crippen LogP contribution in [0.4, 0.5) is 0 Å². The van der Waals surface area contributed by atoms with Crippen LogP contribution in [0.5, 0.6) is 0 Å². The lowest BCUT2D eigenvalue weighted by Gasteiger charge is -2.49. The summed E-state index contributed by atoms with van der Waals surface area (Å²) in [7, 11) is 0. The van der Waals surface area contributed by atoms with Gasteiger partial charge in [0.2, 0.25) is 11.8 Å². The van der Waals surface area contributed by atoms with Crippen LogP contribution in [0.3, 0.4) is 0 Å². The average Bonchev–Trinajstić information content (AvgIpc) is 2.34. The molecule has 0 aromatic carbocycles. The van der Waals surface area contributed by atoms with E-state index in [0.717, 1.165) is 19.4 Å². The molecule has 5 nitrogen and oxygen atoms in total. The summed E-state index contributed by atoms with van der Waals surface area (Å²) in [5, 5.41) is 2.78. The Kier molecular flexibility index (Phi) is 3.61. The Labute approximate surface area is 108 Å². The van der Waals surface area contributed by atoms with Gasteiger partial charge in [-0.2, -0.15) is 0 Å². The molecule has 0 saturated carbocycles. The Morgan fingerprint density at radius 3 is 2.78 bits per heavy atom. The van der Waals surface area contributed by atoms with E-state index >= 15 is 0 Å². The van der Waals surface area contributed by atoms with Crippen molar-refractivity contribution in [1.82, 2.24) is 10.2 Å². The van der Waals surface area contributed by atoms with Crippen molar-refractivity contribution in [2.75, 3.05) is 13.2 Å². The van der Waals surface area contributed by atoms with E-state index in [4.69, 9.17) is 4.74 Å². The fraction of sp³-hybridized carbons (Fsp3) is 0.846. The number of rotatable bonds is 2. The van der Waals surface area contributed by atoms with E-state index in [9.17, 15) is 9.59 Å². The Balaban J connectivity index is 2.27. The van der Waals surface area contributed by atoms with Gasteiger partial charge in [-0.05, 0) is 33.1 Å². The summed E-state index contributed by atoms with van der Waals surface area (Å²) in [4.78, 5) is 26.2. The largest absolute Gasteiger partial charge is 0.379 e. The molecule has 2 rings (SSSR count). The first kappa shape index (κ1) is 13.3. The van der Waals surface area contributed by atoms with E-state index in [1.807, 2.05) is 13.8 Å². The molecule has 1 N–H and O–H groups in total. The molecule has 3 unspecified atom stereocenters. The van der Waals surface area contributed by atoms with Gasteiger partial charge in [0.15, 0.2) is 0 Å². The first-order chi connectivity index (χ1) is 8.49. The number of ether oxygens (including phenoxy) is 1. The van der Waals surface area contributed by atoms with Gasteiger partial charge in [-0.1, -0.05) is 6.92 Å². The summed E-state index contributed by atoms with van der Waals surface area (Å²) < 4.78 is 5.51. The summed E-state index contributed by atoms with van der Waals surface area (Å²) >= 11 is 0. The highest BCUT2D eigenvalue weighted by Gasteiger charge is 2.47. The van der Waals surface area contributed by atoms with Crippen LogP contribution >= 0.6 is 0 Å². The molecule has 2 aliphatic heterocycles. The Morgan fingerprint density at radius 2 is 2.22 bits per heavy atom. The van der Waals surface area contributed by atoms with Crippen LogP contribution in [0, 0.1) is 0 Å². The lowest BCUT2D eigenvalue weighted by Crippen LogP contribution is -2.69. The zero-order valence-corrected chi connectivity index (χ0v) is 11.4. The fourth-order valence-electron chi connectivity index (χ4n) is 2.95. The van der Waals surface area contributed by atoms with Crippen molar-refractivity contribution < 1.29 is 14.3 Å². The van der Waals surface area contributed by atoms with Gasteiger partial charge in [0.05, 0.1) is 12.1 Å². The molecule has 3 atom stereocenters. The van der Waals surface area contributed by atoms with Gasteiger partial charge < -0.3 is 15.0 Å². The fourth-order valence-corrected chi connectivity index (χ4v) is 2.95. The number of nitrogens with one attached hydrogen (secondary N) is 1. The van der Waals surface area contributed by atoms with Crippen molar-refractivity contribution in [3.05, 3.63) is 0 Å². The lowest BCUT2D eigenvalue weighted by atomic mass is 9.88. The summed E-state index contributed by atoms with van der Waals surface area (Å²) in [6, 6.07) is -0.792. The minimum atomic E-state index is -0.410. The molecule has 2 heterocycles. The van der Waals surface area contributed by atoms with Crippen LogP contribution in [0.2, 0.25) is 0 Å². The minimum absolute atomic E-state index is 0.0256. The molecular formula is C13H22N2O3. The first-order valence-corrected chi connectivity index (χ1v) is 6.71. The van der Waals surface area contributed by atoms with E-state index in [0.29, 0.717) is 13.0 Å². The SMILES string of the molecule is CCC1NC(=O)C(C)N(C2(C)CCCOC2)C1=O. The maximum atomic E-state index is 12.5. The van der Waals surface area contributed by atoms with Gasteiger partial charge in [0.25, 0.3) is 0 Å². The normalized spacial score (nSPS) is 37.6. The smallest absolute Gasteiger partial charge is 0.246 e. The number of carbonyl (C=O) groups excluding carboxylic acids is 2. The molecule has 2 fully saturated rings. The highest BCUT2D eigenvalue weighted by atomic mass is 16.5. The number of hydrogen-bond acceptors (Lipinski definition) is 3. The maximum Gasteiger partial charge on any atom is 0.246 e. The average molecular weight is 254 g/mol. The second kappa shape index (κ2) is 4.88. The predicted molar refractivity (Wildman–Crippen MR) is 67.0 cm³/mol. The van der Waals surface area contributed by atoms with Crippen molar-refractivity contribution in [2.45, 2.75) is 57.7 Å². The third-order valence-electron chi connectivity index (χ3n) is 4.03. The summed E-state index contributed by atoms with van der Waals surface area (Å²) in [6.07, 6.45) is 2.46. The molecule has 18 heavy (non-hydrogen) atoms. The summed E-state index contributed by atoms with van der Waals surface area (Å²) in [5.74, 6) is -0.0363. The standard InChI is InChI=1S/C13H22N2O3/c1-4-10-12(17)15(9(2)11(16)14-10)13(3)6-5-7-18-8-13/h9-10H,4-8H2,1-3H3,(H,14,16). The lowest BCUT2D eigenvalue weighted by molar-refractivity contribution is -0.161. The minimum Gasteiger partial charge on any atom is -0.379 e. The Morgan fingerprint density at radius 1 is 1.50 bits per heavy atom. The van der Waals surface area contributed by atoms with Crippen LogP contribution in [-0.4, -0.2) is 47.6 Å². The number of amides is 2. The zero-order chi connectivity index (χ0) is 13.3. The molecule has 2 aliphatic rings. The van der Waals surface area contributed by atoms with Crippen molar-refractivity contribution in [2.24, 2.45) is 0 Å². The second-order valence-corrected chi connectivity index (χ2v) is 5.51. The number of piperazine rings is 1. The molecule has 0 aliphatic carbocycles. The maximum absolute atomic E-state index is 12.5. The van der Waals surface area contributed by atoms with Crippen LogP contribution in [0.25, 0.3) is 0 Å². The molecule has 0 spiro atoms. The van der Waals surface area contributed by atoms with E-state index < -0.39 is 6.04 Å². The van der Waals surface area contributed by atoms with Crippen LogP contribution < -0.4 is 5.32 Å². The number of nitrogens with zero attached hydrogens (tertiary/aromatic N) is 1. The molecule has 102 valence electrons. The molecule has 0 aromatic heterocycles. The molecule has 2 amide bonds. The molecular weight excluding hydrogens is 232 g/mol. The van der Waals surface area contributed by atoms with E-state index in [2.05, 4.69) is 5.32 Å². The van der Waals surface area contributed by atoms with Crippen molar-refractivity contribution in [1.29, 1.82) is 0 Å². The Bertz CT molecular complexity index is 350. The van der Waals surface area contributed by atoms with Gasteiger partial charge in [0.1, 0.15) is 12.1 Å². The van der Waals surface area contributed by atoms with Gasteiger partial charge in [-0.15, -0.1) is 0 Å². The third kappa shape index (κ3) is 2.11. The molecule has 0 aromatic rings. The second-order valence-electron chi connectivity index (χ2n) is 5.51. The van der Waals surface area contributed by atoms with Crippen molar-refractivity contribution in [3.8, 4) is 0 Å². The predicted octanol–water partition coefficient (Wildman–Crippen LogP) is 0.681. The molecule has 2 saturated heterocycles. The molecule has 0 bridgehead atoms. The monoisotopic (exact) mass is 254 g/mol. The van der Waals surface area contributed by atoms with E-state index in [1.54, 1.807) is 11.8 Å². The highest BCUT2D eigenvalue weighted by molar-refractivity contribution is 5.97. The van der Waals surface area contributed by atoms with Gasteiger partial charge in [-0.25, -0.2) is 0 Å². The topological polar surface area (TPSA) is 58.6 Å².